The van der Waals surface area contributed by atoms with Crippen molar-refractivity contribution in [1.29, 1.82) is 0 Å². The van der Waals surface area contributed by atoms with E-state index in [0.29, 0.717) is 19.5 Å². The second kappa shape index (κ2) is 8.76. The van der Waals surface area contributed by atoms with Gasteiger partial charge in [0, 0.05) is 50.4 Å². The van der Waals surface area contributed by atoms with E-state index in [0.717, 1.165) is 42.4 Å². The standard InChI is InChI=1S/C24H29N3O2/c1-26-14-15-27(23(28)18-8-3-2-4-9-18)22(24(26)29)16-19-10-5-6-12-21(19)20-11-7-13-25-17-20/h5-7,10-13,17-18,22H,2-4,8-9,14-16H2,1H3/t22-/m1/s1. The molecule has 5 nitrogen and oxygen atoms in total. The molecule has 1 saturated carbocycles. The first-order chi connectivity index (χ1) is 14.1. The molecule has 0 N–H and O–H groups in total. The zero-order valence-corrected chi connectivity index (χ0v) is 17.1. The van der Waals surface area contributed by atoms with Crippen molar-refractivity contribution in [2.75, 3.05) is 20.1 Å². The molecule has 0 spiro atoms. The predicted octanol–water partition coefficient (Wildman–Crippen LogP) is 3.54. The van der Waals surface area contributed by atoms with Crippen LogP contribution in [0.3, 0.4) is 0 Å². The average Bonchev–Trinajstić information content (AvgIpc) is 2.78. The summed E-state index contributed by atoms with van der Waals surface area (Å²) in [6, 6.07) is 11.7. The van der Waals surface area contributed by atoms with Gasteiger partial charge in [-0.15, -0.1) is 0 Å². The molecule has 29 heavy (non-hydrogen) atoms. The zero-order valence-electron chi connectivity index (χ0n) is 17.1. The first-order valence-corrected chi connectivity index (χ1v) is 10.7. The van der Waals surface area contributed by atoms with Crippen LogP contribution in [-0.2, 0) is 16.0 Å². The Bertz CT molecular complexity index is 861. The van der Waals surface area contributed by atoms with Gasteiger partial charge in [0.1, 0.15) is 6.04 Å². The summed E-state index contributed by atoms with van der Waals surface area (Å²) >= 11 is 0. The third-order valence-corrected chi connectivity index (χ3v) is 6.35. The number of likely N-dealkylation sites (N-methyl/N-ethyl adjacent to an activating group) is 1. The van der Waals surface area contributed by atoms with Crippen LogP contribution in [0.4, 0.5) is 0 Å². The van der Waals surface area contributed by atoms with Crippen LogP contribution in [0.15, 0.2) is 48.8 Å². The predicted molar refractivity (Wildman–Crippen MR) is 113 cm³/mol. The van der Waals surface area contributed by atoms with Crippen LogP contribution < -0.4 is 0 Å². The minimum absolute atomic E-state index is 0.0430. The van der Waals surface area contributed by atoms with Gasteiger partial charge in [0.2, 0.25) is 11.8 Å². The van der Waals surface area contributed by atoms with Gasteiger partial charge in [0.15, 0.2) is 0 Å². The first-order valence-electron chi connectivity index (χ1n) is 10.7. The summed E-state index contributed by atoms with van der Waals surface area (Å²) in [7, 11) is 1.84. The minimum Gasteiger partial charge on any atom is -0.342 e. The van der Waals surface area contributed by atoms with Gasteiger partial charge in [0.25, 0.3) is 0 Å². The molecule has 2 heterocycles. The van der Waals surface area contributed by atoms with E-state index < -0.39 is 6.04 Å². The van der Waals surface area contributed by atoms with Crippen LogP contribution in [0.2, 0.25) is 0 Å². The minimum atomic E-state index is -0.430. The number of hydrogen-bond donors (Lipinski definition) is 0. The van der Waals surface area contributed by atoms with E-state index in [2.05, 4.69) is 17.1 Å². The van der Waals surface area contributed by atoms with Crippen LogP contribution in [0.5, 0.6) is 0 Å². The second-order valence-corrected chi connectivity index (χ2v) is 8.25. The molecule has 152 valence electrons. The highest BCUT2D eigenvalue weighted by Crippen LogP contribution is 2.30. The zero-order chi connectivity index (χ0) is 20.2. The molecule has 1 aromatic heterocycles. The van der Waals surface area contributed by atoms with Gasteiger partial charge in [-0.1, -0.05) is 49.6 Å². The molecule has 1 saturated heterocycles. The SMILES string of the molecule is CN1CCN(C(=O)C2CCCCC2)[C@H](Cc2ccccc2-c2cccnc2)C1=O. The Morgan fingerprint density at radius 3 is 2.62 bits per heavy atom. The van der Waals surface area contributed by atoms with Gasteiger partial charge in [-0.05, 0) is 30.0 Å². The molecule has 0 radical (unpaired) electrons. The van der Waals surface area contributed by atoms with Gasteiger partial charge in [-0.2, -0.15) is 0 Å². The molecule has 1 atom stereocenters. The van der Waals surface area contributed by atoms with Gasteiger partial charge < -0.3 is 9.80 Å². The lowest BCUT2D eigenvalue weighted by Crippen LogP contribution is -2.59. The quantitative estimate of drug-likeness (QED) is 0.801. The van der Waals surface area contributed by atoms with Crippen LogP contribution in [0.25, 0.3) is 11.1 Å². The molecule has 2 aliphatic rings. The number of rotatable bonds is 4. The summed E-state index contributed by atoms with van der Waals surface area (Å²) in [4.78, 5) is 34.3. The number of piperazine rings is 1. The molecule has 4 rings (SSSR count). The number of carbonyl (C=O) groups is 2. The van der Waals surface area contributed by atoms with E-state index in [9.17, 15) is 9.59 Å². The van der Waals surface area contributed by atoms with Crippen molar-refractivity contribution >= 4 is 11.8 Å². The molecular weight excluding hydrogens is 362 g/mol. The highest BCUT2D eigenvalue weighted by atomic mass is 16.2. The van der Waals surface area contributed by atoms with Crippen molar-refractivity contribution in [2.45, 2.75) is 44.6 Å². The van der Waals surface area contributed by atoms with Crippen molar-refractivity contribution in [2.24, 2.45) is 5.92 Å². The fourth-order valence-electron chi connectivity index (χ4n) is 4.67. The Hall–Kier alpha value is -2.69. The maximum Gasteiger partial charge on any atom is 0.245 e. The third kappa shape index (κ3) is 4.19. The van der Waals surface area contributed by atoms with Gasteiger partial charge >= 0.3 is 0 Å². The van der Waals surface area contributed by atoms with E-state index in [4.69, 9.17) is 0 Å². The highest BCUT2D eigenvalue weighted by molar-refractivity contribution is 5.90. The van der Waals surface area contributed by atoms with Crippen molar-refractivity contribution in [3.05, 3.63) is 54.4 Å². The van der Waals surface area contributed by atoms with E-state index in [-0.39, 0.29) is 17.7 Å². The molecule has 1 aliphatic heterocycles. The smallest absolute Gasteiger partial charge is 0.245 e. The van der Waals surface area contributed by atoms with Gasteiger partial charge in [-0.25, -0.2) is 0 Å². The van der Waals surface area contributed by atoms with Crippen LogP contribution >= 0.6 is 0 Å². The number of benzene rings is 1. The largest absolute Gasteiger partial charge is 0.342 e. The molecule has 1 aromatic carbocycles. The summed E-state index contributed by atoms with van der Waals surface area (Å²) in [5.74, 6) is 0.299. The highest BCUT2D eigenvalue weighted by Gasteiger charge is 2.38. The van der Waals surface area contributed by atoms with Crippen molar-refractivity contribution in [3.63, 3.8) is 0 Å². The Kier molecular flexibility index (Phi) is 5.93. The fourth-order valence-corrected chi connectivity index (χ4v) is 4.67. The molecule has 2 fully saturated rings. The van der Waals surface area contributed by atoms with Crippen molar-refractivity contribution in [3.8, 4) is 11.1 Å². The third-order valence-electron chi connectivity index (χ3n) is 6.35. The lowest BCUT2D eigenvalue weighted by atomic mass is 9.87. The molecule has 1 aliphatic carbocycles. The normalized spacial score (nSPS) is 20.7. The maximum absolute atomic E-state index is 13.3. The Morgan fingerprint density at radius 2 is 1.86 bits per heavy atom. The summed E-state index contributed by atoms with van der Waals surface area (Å²) in [5, 5.41) is 0. The molecular formula is C24H29N3O2. The number of aromatic nitrogens is 1. The molecule has 2 aromatic rings. The number of nitrogens with zero attached hydrogens (tertiary/aromatic N) is 3. The first kappa shape index (κ1) is 19.6. The summed E-state index contributed by atoms with van der Waals surface area (Å²) in [5.41, 5.74) is 3.19. The second-order valence-electron chi connectivity index (χ2n) is 8.25. The fraction of sp³-hybridized carbons (Fsp3) is 0.458. The molecule has 5 heteroatoms. The lowest BCUT2D eigenvalue weighted by Gasteiger charge is -2.41. The van der Waals surface area contributed by atoms with Gasteiger partial charge in [-0.3, -0.25) is 14.6 Å². The van der Waals surface area contributed by atoms with Crippen molar-refractivity contribution < 1.29 is 9.59 Å². The monoisotopic (exact) mass is 391 g/mol. The van der Waals surface area contributed by atoms with Crippen LogP contribution in [0, 0.1) is 5.92 Å². The Labute approximate surface area is 172 Å². The Morgan fingerprint density at radius 1 is 1.07 bits per heavy atom. The average molecular weight is 392 g/mol. The number of pyridine rings is 1. The van der Waals surface area contributed by atoms with E-state index in [1.807, 2.05) is 42.4 Å². The number of carbonyl (C=O) groups excluding carboxylic acids is 2. The lowest BCUT2D eigenvalue weighted by molar-refractivity contribution is -0.153. The summed E-state index contributed by atoms with van der Waals surface area (Å²) < 4.78 is 0. The molecule has 0 bridgehead atoms. The van der Waals surface area contributed by atoms with E-state index in [1.54, 1.807) is 11.1 Å². The Balaban J connectivity index is 1.62. The number of amides is 2. The van der Waals surface area contributed by atoms with Crippen molar-refractivity contribution in [1.82, 2.24) is 14.8 Å². The maximum atomic E-state index is 13.3. The van der Waals surface area contributed by atoms with E-state index >= 15 is 0 Å². The molecule has 2 amide bonds. The van der Waals surface area contributed by atoms with Crippen LogP contribution in [-0.4, -0.2) is 52.8 Å². The van der Waals surface area contributed by atoms with Crippen LogP contribution in [0.1, 0.15) is 37.7 Å². The summed E-state index contributed by atoms with van der Waals surface area (Å²) in [6.45, 7) is 1.23. The summed E-state index contributed by atoms with van der Waals surface area (Å²) in [6.07, 6.45) is 9.50. The number of hydrogen-bond acceptors (Lipinski definition) is 3. The molecule has 0 unspecified atom stereocenters. The topological polar surface area (TPSA) is 53.5 Å². The van der Waals surface area contributed by atoms with Gasteiger partial charge in [0.05, 0.1) is 0 Å². The van der Waals surface area contributed by atoms with E-state index in [1.165, 1.54) is 6.42 Å².